The van der Waals surface area contributed by atoms with Crippen molar-refractivity contribution in [2.45, 2.75) is 20.4 Å². The van der Waals surface area contributed by atoms with Crippen LogP contribution in [0.3, 0.4) is 0 Å². The molecule has 0 bridgehead atoms. The molecule has 0 saturated carbocycles. The minimum absolute atomic E-state index is 0.241. The predicted molar refractivity (Wildman–Crippen MR) is 119 cm³/mol. The number of carbonyl (C=O) groups is 2. The normalized spacial score (nSPS) is 10.6. The van der Waals surface area contributed by atoms with Gasteiger partial charge in [-0.1, -0.05) is 30.3 Å². The maximum atomic E-state index is 12.4. The lowest BCUT2D eigenvalue weighted by Gasteiger charge is -2.18. The van der Waals surface area contributed by atoms with Crippen LogP contribution < -0.4 is 9.47 Å². The zero-order valence-electron chi connectivity index (χ0n) is 18.3. The fourth-order valence-electron chi connectivity index (χ4n) is 3.17. The molecule has 0 aliphatic rings. The summed E-state index contributed by atoms with van der Waals surface area (Å²) < 4.78 is 15.8. The van der Waals surface area contributed by atoms with Gasteiger partial charge in [0.2, 0.25) is 0 Å². The van der Waals surface area contributed by atoms with Crippen LogP contribution in [-0.4, -0.2) is 44.1 Å². The summed E-state index contributed by atoms with van der Waals surface area (Å²) in [6, 6.07) is 17.5. The Kier molecular flexibility index (Phi) is 7.13. The SMILES string of the molecule is COc1ccc2cc(CN(C)C(=O)COC(=O)COc3cccc(C)c3C)ccc2c1. The van der Waals surface area contributed by atoms with E-state index in [0.717, 1.165) is 33.2 Å². The van der Waals surface area contributed by atoms with E-state index in [1.54, 1.807) is 20.2 Å². The van der Waals surface area contributed by atoms with Gasteiger partial charge in [-0.2, -0.15) is 0 Å². The first-order chi connectivity index (χ1) is 14.9. The molecule has 0 fully saturated rings. The van der Waals surface area contributed by atoms with E-state index in [-0.39, 0.29) is 19.1 Å². The van der Waals surface area contributed by atoms with Gasteiger partial charge >= 0.3 is 5.97 Å². The van der Waals surface area contributed by atoms with Gasteiger partial charge < -0.3 is 19.1 Å². The van der Waals surface area contributed by atoms with Crippen LogP contribution >= 0.6 is 0 Å². The Morgan fingerprint density at radius 1 is 0.935 bits per heavy atom. The van der Waals surface area contributed by atoms with Gasteiger partial charge in [-0.25, -0.2) is 4.79 Å². The van der Waals surface area contributed by atoms with E-state index < -0.39 is 5.97 Å². The second-order valence-electron chi connectivity index (χ2n) is 7.44. The van der Waals surface area contributed by atoms with Crippen LogP contribution in [0.25, 0.3) is 10.8 Å². The zero-order valence-corrected chi connectivity index (χ0v) is 18.3. The van der Waals surface area contributed by atoms with Crippen LogP contribution in [0.15, 0.2) is 54.6 Å². The fraction of sp³-hybridized carbons (Fsp3) is 0.280. The Bertz CT molecular complexity index is 1090. The van der Waals surface area contributed by atoms with E-state index in [2.05, 4.69) is 0 Å². The Balaban J connectivity index is 1.49. The van der Waals surface area contributed by atoms with Gasteiger partial charge in [-0.15, -0.1) is 0 Å². The Morgan fingerprint density at radius 2 is 1.68 bits per heavy atom. The van der Waals surface area contributed by atoms with E-state index >= 15 is 0 Å². The largest absolute Gasteiger partial charge is 0.497 e. The number of ether oxygens (including phenoxy) is 3. The quantitative estimate of drug-likeness (QED) is 0.514. The number of amides is 1. The van der Waals surface area contributed by atoms with Crippen molar-refractivity contribution in [3.05, 3.63) is 71.3 Å². The molecule has 0 aliphatic heterocycles. The maximum Gasteiger partial charge on any atom is 0.344 e. The van der Waals surface area contributed by atoms with Crippen LogP contribution in [0.4, 0.5) is 0 Å². The van der Waals surface area contributed by atoms with E-state index in [1.165, 1.54) is 4.90 Å². The molecule has 0 aromatic heterocycles. The summed E-state index contributed by atoms with van der Waals surface area (Å²) in [5, 5.41) is 2.13. The number of aryl methyl sites for hydroxylation is 1. The van der Waals surface area contributed by atoms with Crippen molar-refractivity contribution < 1.29 is 23.8 Å². The third-order valence-electron chi connectivity index (χ3n) is 5.21. The lowest BCUT2D eigenvalue weighted by Crippen LogP contribution is -2.31. The number of hydrogen-bond donors (Lipinski definition) is 0. The summed E-state index contributed by atoms with van der Waals surface area (Å²) in [6.07, 6.45) is 0. The Labute approximate surface area is 182 Å². The molecule has 31 heavy (non-hydrogen) atoms. The highest BCUT2D eigenvalue weighted by molar-refractivity contribution is 5.85. The highest BCUT2D eigenvalue weighted by Gasteiger charge is 2.14. The molecule has 0 radical (unpaired) electrons. The minimum Gasteiger partial charge on any atom is -0.497 e. The summed E-state index contributed by atoms with van der Waals surface area (Å²) in [5.41, 5.74) is 3.04. The molecule has 6 nitrogen and oxygen atoms in total. The number of likely N-dealkylation sites (N-methyl/N-ethyl adjacent to an activating group) is 1. The number of esters is 1. The van der Waals surface area contributed by atoms with Gasteiger partial charge in [-0.3, -0.25) is 4.79 Å². The third kappa shape index (κ3) is 5.75. The summed E-state index contributed by atoms with van der Waals surface area (Å²) >= 11 is 0. The second kappa shape index (κ2) is 9.98. The molecular weight excluding hydrogens is 394 g/mol. The summed E-state index contributed by atoms with van der Waals surface area (Å²) in [5.74, 6) is 0.572. The van der Waals surface area contributed by atoms with Crippen molar-refractivity contribution in [2.75, 3.05) is 27.4 Å². The van der Waals surface area contributed by atoms with Crippen LogP contribution in [0, 0.1) is 13.8 Å². The first-order valence-corrected chi connectivity index (χ1v) is 10.0. The molecule has 0 N–H and O–H groups in total. The molecule has 3 rings (SSSR count). The molecule has 0 atom stereocenters. The first kappa shape index (κ1) is 22.2. The molecule has 162 valence electrons. The topological polar surface area (TPSA) is 65.1 Å². The van der Waals surface area contributed by atoms with Crippen molar-refractivity contribution in [1.29, 1.82) is 0 Å². The number of carbonyl (C=O) groups excluding carboxylic acids is 2. The summed E-state index contributed by atoms with van der Waals surface area (Å²) in [7, 11) is 3.32. The number of benzene rings is 3. The average molecular weight is 421 g/mol. The van der Waals surface area contributed by atoms with Crippen molar-refractivity contribution >= 4 is 22.6 Å². The van der Waals surface area contributed by atoms with Crippen LogP contribution in [0.2, 0.25) is 0 Å². The molecule has 1 amide bonds. The zero-order chi connectivity index (χ0) is 22.4. The standard InChI is InChI=1S/C25H27NO5/c1-17-6-5-7-23(18(17)2)30-16-25(28)31-15-24(27)26(3)14-19-8-9-21-13-22(29-4)11-10-20(21)12-19/h5-13H,14-16H2,1-4H3. The van der Waals surface area contributed by atoms with Crippen molar-refractivity contribution in [3.8, 4) is 11.5 Å². The monoisotopic (exact) mass is 421 g/mol. The van der Waals surface area contributed by atoms with E-state index in [1.807, 2.05) is 62.4 Å². The lowest BCUT2D eigenvalue weighted by atomic mass is 10.1. The molecule has 3 aromatic rings. The van der Waals surface area contributed by atoms with Gasteiger partial charge in [0.15, 0.2) is 13.2 Å². The fourth-order valence-corrected chi connectivity index (χ4v) is 3.17. The number of nitrogens with zero attached hydrogens (tertiary/aromatic N) is 1. The lowest BCUT2D eigenvalue weighted by molar-refractivity contribution is -0.153. The van der Waals surface area contributed by atoms with Gasteiger partial charge in [0.05, 0.1) is 7.11 Å². The van der Waals surface area contributed by atoms with Crippen molar-refractivity contribution in [3.63, 3.8) is 0 Å². The van der Waals surface area contributed by atoms with Gasteiger partial charge in [0, 0.05) is 13.6 Å². The summed E-state index contributed by atoms with van der Waals surface area (Å²) in [4.78, 5) is 25.9. The van der Waals surface area contributed by atoms with Gasteiger partial charge in [0.1, 0.15) is 11.5 Å². The highest BCUT2D eigenvalue weighted by Crippen LogP contribution is 2.22. The number of methoxy groups -OCH3 is 1. The van der Waals surface area contributed by atoms with Crippen molar-refractivity contribution in [2.24, 2.45) is 0 Å². The number of hydrogen-bond acceptors (Lipinski definition) is 5. The first-order valence-electron chi connectivity index (χ1n) is 10.0. The van der Waals surface area contributed by atoms with Crippen LogP contribution in [-0.2, 0) is 20.9 Å². The third-order valence-corrected chi connectivity index (χ3v) is 5.21. The Hall–Kier alpha value is -3.54. The number of fused-ring (bicyclic) bond motifs is 1. The van der Waals surface area contributed by atoms with Crippen molar-refractivity contribution in [1.82, 2.24) is 4.90 Å². The van der Waals surface area contributed by atoms with Gasteiger partial charge in [0.25, 0.3) is 5.91 Å². The van der Waals surface area contributed by atoms with E-state index in [0.29, 0.717) is 12.3 Å². The van der Waals surface area contributed by atoms with E-state index in [4.69, 9.17) is 14.2 Å². The molecule has 0 unspecified atom stereocenters. The van der Waals surface area contributed by atoms with Gasteiger partial charge in [-0.05, 0) is 65.6 Å². The minimum atomic E-state index is -0.581. The average Bonchev–Trinajstić information content (AvgIpc) is 2.77. The summed E-state index contributed by atoms with van der Waals surface area (Å²) in [6.45, 7) is 3.75. The smallest absolute Gasteiger partial charge is 0.344 e. The molecule has 0 saturated heterocycles. The molecule has 0 aliphatic carbocycles. The van der Waals surface area contributed by atoms with Crippen LogP contribution in [0.5, 0.6) is 11.5 Å². The molecule has 0 heterocycles. The Morgan fingerprint density at radius 3 is 2.45 bits per heavy atom. The highest BCUT2D eigenvalue weighted by atomic mass is 16.6. The molecule has 3 aromatic carbocycles. The second-order valence-corrected chi connectivity index (χ2v) is 7.44. The van der Waals surface area contributed by atoms with E-state index in [9.17, 15) is 9.59 Å². The molecular formula is C25H27NO5. The number of rotatable bonds is 8. The van der Waals surface area contributed by atoms with Crippen LogP contribution in [0.1, 0.15) is 16.7 Å². The molecule has 0 spiro atoms. The predicted octanol–water partition coefficient (Wildman–Crippen LogP) is 4.05. The maximum absolute atomic E-state index is 12.4. The molecule has 6 heteroatoms.